The van der Waals surface area contributed by atoms with E-state index in [2.05, 4.69) is 13.8 Å². The van der Waals surface area contributed by atoms with E-state index >= 15 is 0 Å². The monoisotopic (exact) mass is 190 g/mol. The van der Waals surface area contributed by atoms with Gasteiger partial charge in [-0.05, 0) is 12.3 Å². The molecular formula is C10H22O3. The Labute approximate surface area is 80.7 Å². The fourth-order valence-electron chi connectivity index (χ4n) is 1.44. The van der Waals surface area contributed by atoms with E-state index in [0.717, 1.165) is 19.3 Å². The second-order valence-corrected chi connectivity index (χ2v) is 3.32. The molecule has 0 rings (SSSR count). The Morgan fingerprint density at radius 1 is 1.31 bits per heavy atom. The minimum absolute atomic E-state index is 0.0251. The van der Waals surface area contributed by atoms with Gasteiger partial charge in [0, 0.05) is 0 Å². The van der Waals surface area contributed by atoms with Gasteiger partial charge in [0.15, 0.2) is 0 Å². The molecule has 2 N–H and O–H groups in total. The summed E-state index contributed by atoms with van der Waals surface area (Å²) in [6, 6.07) is 0. The van der Waals surface area contributed by atoms with Crippen LogP contribution < -0.4 is 0 Å². The molecule has 0 saturated carbocycles. The molecule has 0 aromatic carbocycles. The molecule has 0 radical (unpaired) electrons. The van der Waals surface area contributed by atoms with E-state index in [0.29, 0.717) is 19.1 Å². The van der Waals surface area contributed by atoms with Gasteiger partial charge < -0.3 is 14.9 Å². The Morgan fingerprint density at radius 2 is 2.00 bits per heavy atom. The first-order valence-electron chi connectivity index (χ1n) is 5.12. The van der Waals surface area contributed by atoms with Crippen LogP contribution in [0, 0.1) is 5.92 Å². The highest BCUT2D eigenvalue weighted by molar-refractivity contribution is 4.66. The highest BCUT2D eigenvalue weighted by Gasteiger charge is 2.16. The van der Waals surface area contributed by atoms with Crippen LogP contribution in [0.3, 0.4) is 0 Å². The molecule has 0 aromatic rings. The molecule has 0 fully saturated rings. The number of aliphatic hydroxyl groups is 2. The summed E-state index contributed by atoms with van der Waals surface area (Å²) in [5.41, 5.74) is 0. The molecular weight excluding hydrogens is 168 g/mol. The normalized spacial score (nSPS) is 15.7. The quantitative estimate of drug-likeness (QED) is 0.565. The first kappa shape index (κ1) is 12.9. The summed E-state index contributed by atoms with van der Waals surface area (Å²) in [5, 5.41) is 18.1. The smallest absolute Gasteiger partial charge is 0.0801 e. The molecule has 3 nitrogen and oxygen atoms in total. The van der Waals surface area contributed by atoms with Crippen molar-refractivity contribution in [2.75, 3.05) is 19.8 Å². The molecule has 0 saturated heterocycles. The van der Waals surface area contributed by atoms with Gasteiger partial charge in [-0.3, -0.25) is 0 Å². The number of aliphatic hydroxyl groups excluding tert-OH is 2. The topological polar surface area (TPSA) is 49.7 Å². The lowest BCUT2D eigenvalue weighted by molar-refractivity contribution is -0.00851. The average molecular weight is 190 g/mol. The molecule has 0 amide bonds. The van der Waals surface area contributed by atoms with Crippen LogP contribution in [0.2, 0.25) is 0 Å². The van der Waals surface area contributed by atoms with Gasteiger partial charge in [0.2, 0.25) is 0 Å². The van der Waals surface area contributed by atoms with Crippen molar-refractivity contribution in [3.63, 3.8) is 0 Å². The molecule has 0 aliphatic carbocycles. The highest BCUT2D eigenvalue weighted by atomic mass is 16.5. The minimum atomic E-state index is -0.378. The third kappa shape index (κ3) is 6.02. The van der Waals surface area contributed by atoms with E-state index in [1.165, 1.54) is 0 Å². The SMILES string of the molecule is CCCC(CC)C(O)COCCO. The third-order valence-corrected chi connectivity index (χ3v) is 2.25. The predicted octanol–water partition coefficient (Wildman–Crippen LogP) is 1.18. The van der Waals surface area contributed by atoms with Crippen molar-refractivity contribution in [2.24, 2.45) is 5.92 Å². The molecule has 80 valence electrons. The summed E-state index contributed by atoms with van der Waals surface area (Å²) in [5.74, 6) is 0.337. The van der Waals surface area contributed by atoms with Gasteiger partial charge in [-0.1, -0.05) is 26.7 Å². The Balaban J connectivity index is 3.57. The number of ether oxygens (including phenoxy) is 1. The molecule has 0 heterocycles. The molecule has 0 aromatic heterocycles. The van der Waals surface area contributed by atoms with Crippen molar-refractivity contribution < 1.29 is 14.9 Å². The molecule has 2 unspecified atom stereocenters. The van der Waals surface area contributed by atoms with Gasteiger partial charge in [-0.25, -0.2) is 0 Å². The second-order valence-electron chi connectivity index (χ2n) is 3.32. The standard InChI is InChI=1S/C10H22O3/c1-3-5-9(4-2)10(12)8-13-7-6-11/h9-12H,3-8H2,1-2H3. The summed E-state index contributed by atoms with van der Waals surface area (Å²) in [6.07, 6.45) is 2.74. The van der Waals surface area contributed by atoms with E-state index in [9.17, 15) is 5.11 Å². The average Bonchev–Trinajstić information content (AvgIpc) is 2.14. The van der Waals surface area contributed by atoms with E-state index in [1.54, 1.807) is 0 Å². The molecule has 3 heteroatoms. The summed E-state index contributed by atoms with van der Waals surface area (Å²) < 4.78 is 5.07. The zero-order valence-electron chi connectivity index (χ0n) is 8.70. The maximum atomic E-state index is 9.66. The van der Waals surface area contributed by atoms with Gasteiger partial charge >= 0.3 is 0 Å². The maximum Gasteiger partial charge on any atom is 0.0801 e. The summed E-state index contributed by atoms with van der Waals surface area (Å²) in [6.45, 7) is 4.88. The number of rotatable bonds is 8. The lowest BCUT2D eigenvalue weighted by Gasteiger charge is -2.20. The Hall–Kier alpha value is -0.120. The lowest BCUT2D eigenvalue weighted by Crippen LogP contribution is -2.26. The van der Waals surface area contributed by atoms with Crippen LogP contribution >= 0.6 is 0 Å². The summed E-state index contributed by atoms with van der Waals surface area (Å²) in [4.78, 5) is 0. The van der Waals surface area contributed by atoms with Crippen LogP contribution in [-0.2, 0) is 4.74 Å². The van der Waals surface area contributed by atoms with Gasteiger partial charge in [-0.15, -0.1) is 0 Å². The molecule has 0 spiro atoms. The van der Waals surface area contributed by atoms with Gasteiger partial charge in [-0.2, -0.15) is 0 Å². The predicted molar refractivity (Wildman–Crippen MR) is 52.6 cm³/mol. The Morgan fingerprint density at radius 3 is 2.46 bits per heavy atom. The number of hydrogen-bond donors (Lipinski definition) is 2. The first-order valence-corrected chi connectivity index (χ1v) is 5.12. The van der Waals surface area contributed by atoms with E-state index in [1.807, 2.05) is 0 Å². The van der Waals surface area contributed by atoms with Crippen molar-refractivity contribution in [2.45, 2.75) is 39.2 Å². The molecule has 13 heavy (non-hydrogen) atoms. The van der Waals surface area contributed by atoms with Crippen LogP contribution in [0.5, 0.6) is 0 Å². The summed E-state index contributed by atoms with van der Waals surface area (Å²) in [7, 11) is 0. The van der Waals surface area contributed by atoms with Crippen LogP contribution in [-0.4, -0.2) is 36.1 Å². The van der Waals surface area contributed by atoms with E-state index in [4.69, 9.17) is 9.84 Å². The van der Waals surface area contributed by atoms with Crippen LogP contribution in [0.15, 0.2) is 0 Å². The fraction of sp³-hybridized carbons (Fsp3) is 1.00. The van der Waals surface area contributed by atoms with E-state index < -0.39 is 0 Å². The lowest BCUT2D eigenvalue weighted by atomic mass is 9.95. The van der Waals surface area contributed by atoms with Gasteiger partial charge in [0.25, 0.3) is 0 Å². The van der Waals surface area contributed by atoms with Gasteiger partial charge in [0.1, 0.15) is 0 Å². The largest absolute Gasteiger partial charge is 0.394 e. The molecule has 0 bridgehead atoms. The Kier molecular flexibility index (Phi) is 8.40. The first-order chi connectivity index (χ1) is 6.26. The second kappa shape index (κ2) is 8.48. The third-order valence-electron chi connectivity index (χ3n) is 2.25. The zero-order chi connectivity index (χ0) is 10.1. The molecule has 0 aliphatic rings. The van der Waals surface area contributed by atoms with Crippen molar-refractivity contribution in [1.29, 1.82) is 0 Å². The van der Waals surface area contributed by atoms with Crippen molar-refractivity contribution in [1.82, 2.24) is 0 Å². The Bertz CT molecular complexity index is 106. The van der Waals surface area contributed by atoms with Crippen molar-refractivity contribution >= 4 is 0 Å². The molecule has 2 atom stereocenters. The van der Waals surface area contributed by atoms with Crippen LogP contribution in [0.1, 0.15) is 33.1 Å². The maximum absolute atomic E-state index is 9.66. The van der Waals surface area contributed by atoms with Gasteiger partial charge in [0.05, 0.1) is 25.9 Å². The van der Waals surface area contributed by atoms with Crippen molar-refractivity contribution in [3.8, 4) is 0 Å². The minimum Gasteiger partial charge on any atom is -0.394 e. The highest BCUT2D eigenvalue weighted by Crippen LogP contribution is 2.15. The summed E-state index contributed by atoms with van der Waals surface area (Å²) >= 11 is 0. The zero-order valence-corrected chi connectivity index (χ0v) is 8.70. The fourth-order valence-corrected chi connectivity index (χ4v) is 1.44. The molecule has 0 aliphatic heterocycles. The van der Waals surface area contributed by atoms with Crippen molar-refractivity contribution in [3.05, 3.63) is 0 Å². The van der Waals surface area contributed by atoms with E-state index in [-0.39, 0.29) is 12.7 Å². The van der Waals surface area contributed by atoms with Crippen LogP contribution in [0.25, 0.3) is 0 Å². The van der Waals surface area contributed by atoms with Crippen LogP contribution in [0.4, 0.5) is 0 Å². The number of hydrogen-bond acceptors (Lipinski definition) is 3.